The number of imide groups is 1. The van der Waals surface area contributed by atoms with E-state index in [1.165, 1.54) is 18.2 Å². The molecule has 8 nitrogen and oxygen atoms in total. The fraction of sp³-hybridized carbons (Fsp3) is 0.382. The number of fused-ring (bicyclic) bond motifs is 4. The van der Waals surface area contributed by atoms with Gasteiger partial charge in [0.1, 0.15) is 5.75 Å². The van der Waals surface area contributed by atoms with Gasteiger partial charge in [0.2, 0.25) is 11.8 Å². The van der Waals surface area contributed by atoms with Crippen molar-refractivity contribution in [2.24, 2.45) is 29.1 Å². The molecule has 6 atom stereocenters. The number of carboxylic acid groups (broad SMARTS) is 1. The Bertz CT molecular complexity index is 1670. The number of amides is 2. The number of benzene rings is 2. The number of aromatic hydroxyl groups is 1. The van der Waals surface area contributed by atoms with E-state index in [0.29, 0.717) is 28.7 Å². The lowest BCUT2D eigenvalue weighted by Gasteiger charge is -2.54. The minimum atomic E-state index is -1.16. The molecule has 1 saturated carbocycles. The zero-order valence-corrected chi connectivity index (χ0v) is 24.2. The molecule has 0 unspecified atom stereocenters. The Labute approximate surface area is 243 Å². The van der Waals surface area contributed by atoms with Gasteiger partial charge in [-0.1, -0.05) is 36.8 Å². The molecule has 0 bridgehead atoms. The lowest BCUT2D eigenvalue weighted by atomic mass is 9.46. The lowest BCUT2D eigenvalue weighted by molar-refractivity contribution is -0.142. The van der Waals surface area contributed by atoms with Crippen LogP contribution in [0.15, 0.2) is 59.2 Å². The minimum Gasteiger partial charge on any atom is -0.507 e. The first kappa shape index (κ1) is 27.8. The summed E-state index contributed by atoms with van der Waals surface area (Å²) < 4.78 is 0. The number of ketones is 2. The monoisotopic (exact) mass is 567 g/mol. The van der Waals surface area contributed by atoms with Crippen molar-refractivity contribution >= 4 is 35.0 Å². The Kier molecular flexibility index (Phi) is 6.19. The van der Waals surface area contributed by atoms with Crippen LogP contribution in [-0.2, 0) is 19.2 Å². The molecule has 3 aliphatic carbocycles. The van der Waals surface area contributed by atoms with Crippen LogP contribution in [0.4, 0.5) is 5.69 Å². The average Bonchev–Trinajstić information content (AvgIpc) is 3.22. The van der Waals surface area contributed by atoms with Crippen LogP contribution in [0.3, 0.4) is 0 Å². The number of nitrogens with zero attached hydrogens (tertiary/aromatic N) is 1. The molecule has 2 N–H and O–H groups in total. The first-order valence-corrected chi connectivity index (χ1v) is 14.3. The van der Waals surface area contributed by atoms with E-state index in [1.807, 2.05) is 25.1 Å². The van der Waals surface area contributed by atoms with Crippen molar-refractivity contribution in [1.82, 2.24) is 0 Å². The number of phenols is 1. The van der Waals surface area contributed by atoms with Gasteiger partial charge in [0.15, 0.2) is 11.6 Å². The second kappa shape index (κ2) is 9.34. The van der Waals surface area contributed by atoms with E-state index >= 15 is 0 Å². The molecular weight excluding hydrogens is 534 g/mol. The third kappa shape index (κ3) is 3.63. The number of allylic oxidation sites excluding steroid dienone is 4. The Morgan fingerprint density at radius 3 is 2.24 bits per heavy atom. The molecule has 1 saturated heterocycles. The van der Waals surface area contributed by atoms with Gasteiger partial charge in [-0.05, 0) is 92.5 Å². The van der Waals surface area contributed by atoms with Gasteiger partial charge in [-0.2, -0.15) is 0 Å². The van der Waals surface area contributed by atoms with E-state index in [4.69, 9.17) is 0 Å². The summed E-state index contributed by atoms with van der Waals surface area (Å²) in [5, 5.41) is 20.0. The Balaban J connectivity index is 1.51. The van der Waals surface area contributed by atoms with E-state index in [1.54, 1.807) is 33.8 Å². The predicted molar refractivity (Wildman–Crippen MR) is 154 cm³/mol. The smallest absolute Gasteiger partial charge is 0.335 e. The molecule has 2 amide bonds. The zero-order chi connectivity index (χ0) is 30.4. The molecule has 6 rings (SSSR count). The fourth-order valence-electron chi connectivity index (χ4n) is 8.15. The number of phenolic OH excluding ortho intramolecular Hbond substituents is 1. The Morgan fingerprint density at radius 2 is 1.60 bits per heavy atom. The maximum atomic E-state index is 14.1. The van der Waals surface area contributed by atoms with E-state index in [9.17, 15) is 34.2 Å². The fourth-order valence-corrected chi connectivity index (χ4v) is 8.15. The highest BCUT2D eigenvalue weighted by Crippen LogP contribution is 2.63. The molecule has 0 radical (unpaired) electrons. The summed E-state index contributed by atoms with van der Waals surface area (Å²) in [5.41, 5.74) is 2.91. The van der Waals surface area contributed by atoms with Crippen LogP contribution in [0.5, 0.6) is 5.75 Å². The molecule has 216 valence electrons. The molecular formula is C34H33NO7. The van der Waals surface area contributed by atoms with E-state index in [-0.39, 0.29) is 40.9 Å². The normalized spacial score (nSPS) is 30.6. The van der Waals surface area contributed by atoms with Gasteiger partial charge in [-0.3, -0.25) is 24.1 Å². The lowest BCUT2D eigenvalue weighted by Crippen LogP contribution is -2.55. The molecule has 42 heavy (non-hydrogen) atoms. The van der Waals surface area contributed by atoms with Gasteiger partial charge in [0, 0.05) is 11.8 Å². The SMILES string of the molecule is CC1=C(C)C(=O)[C@@]2(C)[C@@H](c3cc(C)c(O)c(C)c3)C3=CC[C@@H]4C(=O)N(c5cccc(C(=O)O)c5)C(=O)[C@@H]4[C@@H]3C[C@H]2C1=O. The van der Waals surface area contributed by atoms with Crippen molar-refractivity contribution < 1.29 is 34.2 Å². The maximum Gasteiger partial charge on any atom is 0.335 e. The molecule has 0 aromatic heterocycles. The standard InChI is InChI=1S/C34H33NO7/c1-15-11-20(12-16(2)28(15)36)27-22-9-10-23-26(24(22)14-25-29(37)17(3)18(4)30(38)34(25,27)5)32(40)35(31(23)39)21-8-6-7-19(13-21)33(41)42/h6-9,11-13,23-27,36H,10,14H2,1-5H3,(H,41,42)/t23-,24+,25-,26-,27-,34+/m0/s1. The third-order valence-corrected chi connectivity index (χ3v) is 10.4. The van der Waals surface area contributed by atoms with Gasteiger partial charge >= 0.3 is 5.97 Å². The second-order valence-corrected chi connectivity index (χ2v) is 12.5. The van der Waals surface area contributed by atoms with Gasteiger partial charge in [0.25, 0.3) is 0 Å². The van der Waals surface area contributed by atoms with Crippen molar-refractivity contribution in [3.8, 4) is 5.75 Å². The summed E-state index contributed by atoms with van der Waals surface area (Å²) in [5.74, 6) is -5.10. The Morgan fingerprint density at radius 1 is 0.929 bits per heavy atom. The van der Waals surface area contributed by atoms with Crippen molar-refractivity contribution in [3.05, 3.63) is 81.4 Å². The highest BCUT2D eigenvalue weighted by molar-refractivity contribution is 6.23. The first-order valence-electron chi connectivity index (χ1n) is 14.3. The highest BCUT2D eigenvalue weighted by atomic mass is 16.4. The van der Waals surface area contributed by atoms with E-state index in [0.717, 1.165) is 16.0 Å². The number of aromatic carboxylic acids is 1. The number of hydrogen-bond donors (Lipinski definition) is 2. The number of rotatable bonds is 3. The number of hydrogen-bond acceptors (Lipinski definition) is 6. The number of aryl methyl sites for hydroxylation is 2. The second-order valence-electron chi connectivity index (χ2n) is 12.5. The van der Waals surface area contributed by atoms with Gasteiger partial charge in [0.05, 0.1) is 28.5 Å². The van der Waals surface area contributed by atoms with Crippen LogP contribution in [0.1, 0.15) is 66.6 Å². The maximum absolute atomic E-state index is 14.1. The zero-order valence-electron chi connectivity index (χ0n) is 24.2. The van der Waals surface area contributed by atoms with E-state index in [2.05, 4.69) is 0 Å². The predicted octanol–water partition coefficient (Wildman–Crippen LogP) is 5.06. The molecule has 4 aliphatic rings. The largest absolute Gasteiger partial charge is 0.507 e. The summed E-state index contributed by atoms with van der Waals surface area (Å²) >= 11 is 0. The number of Topliss-reactive ketones (excluding diaryl/α,β-unsaturated/α-hetero) is 2. The number of carbonyl (C=O) groups is 5. The van der Waals surface area contributed by atoms with Crippen LogP contribution >= 0.6 is 0 Å². The summed E-state index contributed by atoms with van der Waals surface area (Å²) in [6, 6.07) is 9.50. The topological polar surface area (TPSA) is 129 Å². The molecule has 2 aromatic rings. The summed E-state index contributed by atoms with van der Waals surface area (Å²) in [7, 11) is 0. The number of carboxylic acids is 1. The van der Waals surface area contributed by atoms with E-state index < -0.39 is 46.9 Å². The minimum absolute atomic E-state index is 0.0303. The molecule has 0 spiro atoms. The molecule has 1 heterocycles. The van der Waals surface area contributed by atoms with Crippen molar-refractivity contribution in [3.63, 3.8) is 0 Å². The molecule has 2 aromatic carbocycles. The van der Waals surface area contributed by atoms with Crippen LogP contribution in [0, 0.1) is 42.9 Å². The highest BCUT2D eigenvalue weighted by Gasteiger charge is 2.64. The van der Waals surface area contributed by atoms with Gasteiger partial charge in [-0.25, -0.2) is 4.79 Å². The first-order chi connectivity index (χ1) is 19.8. The average molecular weight is 568 g/mol. The molecule has 2 fully saturated rings. The quantitative estimate of drug-likeness (QED) is 0.392. The number of anilines is 1. The van der Waals surface area contributed by atoms with Crippen LogP contribution in [0.2, 0.25) is 0 Å². The van der Waals surface area contributed by atoms with Crippen LogP contribution < -0.4 is 4.90 Å². The van der Waals surface area contributed by atoms with Crippen molar-refractivity contribution in [1.29, 1.82) is 0 Å². The molecule has 8 heteroatoms. The number of carbonyl (C=O) groups excluding carboxylic acids is 4. The summed E-state index contributed by atoms with van der Waals surface area (Å²) in [6.07, 6.45) is 2.53. The third-order valence-electron chi connectivity index (χ3n) is 10.4. The molecule has 1 aliphatic heterocycles. The van der Waals surface area contributed by atoms with Crippen LogP contribution in [-0.4, -0.2) is 39.6 Å². The van der Waals surface area contributed by atoms with Gasteiger partial charge in [-0.15, -0.1) is 0 Å². The van der Waals surface area contributed by atoms with Crippen LogP contribution in [0.25, 0.3) is 0 Å². The van der Waals surface area contributed by atoms with Crippen molar-refractivity contribution in [2.45, 2.75) is 53.4 Å². The van der Waals surface area contributed by atoms with Crippen molar-refractivity contribution in [2.75, 3.05) is 4.90 Å². The Hall–Kier alpha value is -4.33. The summed E-state index contributed by atoms with van der Waals surface area (Å²) in [4.78, 5) is 68.6. The summed E-state index contributed by atoms with van der Waals surface area (Å²) in [6.45, 7) is 8.81. The van der Waals surface area contributed by atoms with Gasteiger partial charge < -0.3 is 10.2 Å².